The second kappa shape index (κ2) is 7.27. The number of hydrogen-bond acceptors (Lipinski definition) is 2. The largest absolute Gasteiger partial charge is 0.431 e. The van der Waals surface area contributed by atoms with Crippen molar-refractivity contribution in [1.82, 2.24) is 0 Å². The molecule has 0 unspecified atom stereocenters. The third-order valence-electron chi connectivity index (χ3n) is 3.31. The fourth-order valence-corrected chi connectivity index (χ4v) is 2.95. The van der Waals surface area contributed by atoms with Crippen molar-refractivity contribution in [1.29, 1.82) is 0 Å². The molecule has 0 fully saturated rings. The van der Waals surface area contributed by atoms with Crippen LogP contribution in [0.1, 0.15) is 21.5 Å². The van der Waals surface area contributed by atoms with Crippen LogP contribution in [0.2, 0.25) is 5.02 Å². The van der Waals surface area contributed by atoms with E-state index in [4.69, 9.17) is 11.6 Å². The number of hydrogen-bond donors (Lipinski definition) is 1. The molecule has 0 heterocycles. The number of benzene rings is 2. The molecule has 1 N–H and O–H groups in total. The van der Waals surface area contributed by atoms with Gasteiger partial charge in [-0.05, 0) is 59.1 Å². The number of halogens is 4. The maximum atomic E-state index is 12.6. The van der Waals surface area contributed by atoms with Crippen LogP contribution in [0.5, 0.6) is 5.75 Å². The van der Waals surface area contributed by atoms with Gasteiger partial charge in [-0.3, -0.25) is 4.79 Å². The van der Waals surface area contributed by atoms with Gasteiger partial charge in [-0.25, -0.2) is 0 Å². The number of nitrogens with one attached hydrogen (secondary N) is 1. The second-order valence-electron chi connectivity index (χ2n) is 4.84. The van der Waals surface area contributed by atoms with Crippen LogP contribution >= 0.6 is 27.5 Å². The molecule has 0 spiro atoms. The molecule has 0 radical (unpaired) electrons. The highest BCUT2D eigenvalue weighted by atomic mass is 79.9. The number of alkyl halides is 2. The molecule has 0 bridgehead atoms. The predicted molar refractivity (Wildman–Crippen MR) is 89.7 cm³/mol. The van der Waals surface area contributed by atoms with E-state index >= 15 is 0 Å². The third-order valence-corrected chi connectivity index (χ3v) is 4.12. The number of carbonyl (C=O) groups is 1. The van der Waals surface area contributed by atoms with E-state index in [1.54, 1.807) is 12.1 Å². The average molecular weight is 405 g/mol. The monoisotopic (exact) mass is 403 g/mol. The first-order valence-electron chi connectivity index (χ1n) is 6.61. The van der Waals surface area contributed by atoms with Crippen molar-refractivity contribution in [3.8, 4) is 5.75 Å². The smallest absolute Gasteiger partial charge is 0.387 e. The number of carbonyl (C=O) groups excluding carboxylic acids is 1. The molecule has 0 saturated heterocycles. The van der Waals surface area contributed by atoms with Crippen molar-refractivity contribution < 1.29 is 18.3 Å². The number of rotatable bonds is 4. The molecule has 0 aliphatic carbocycles. The van der Waals surface area contributed by atoms with Crippen LogP contribution in [0.25, 0.3) is 0 Å². The van der Waals surface area contributed by atoms with Crippen molar-refractivity contribution in [2.75, 3.05) is 5.32 Å². The van der Waals surface area contributed by atoms with Crippen molar-refractivity contribution >= 4 is 39.1 Å². The normalized spacial score (nSPS) is 10.7. The van der Waals surface area contributed by atoms with Gasteiger partial charge in [0.1, 0.15) is 0 Å². The topological polar surface area (TPSA) is 38.3 Å². The number of aryl methyl sites for hydroxylation is 1. The van der Waals surface area contributed by atoms with Crippen LogP contribution in [0, 0.1) is 13.8 Å². The van der Waals surface area contributed by atoms with E-state index in [0.717, 1.165) is 11.1 Å². The summed E-state index contributed by atoms with van der Waals surface area (Å²) in [7, 11) is 0. The lowest BCUT2D eigenvalue weighted by atomic mass is 10.0. The lowest BCUT2D eigenvalue weighted by molar-refractivity contribution is -0.0498. The Morgan fingerprint density at radius 2 is 2.00 bits per heavy atom. The molecule has 2 aromatic rings. The predicted octanol–water partition coefficient (Wildman–Crippen LogP) is 5.57. The molecule has 7 heteroatoms. The fourth-order valence-electron chi connectivity index (χ4n) is 2.05. The van der Waals surface area contributed by atoms with Crippen LogP contribution in [-0.2, 0) is 0 Å². The minimum Gasteiger partial charge on any atom is -0.431 e. The lowest BCUT2D eigenvalue weighted by Crippen LogP contribution is -2.15. The van der Waals surface area contributed by atoms with Gasteiger partial charge in [0.25, 0.3) is 5.91 Å². The zero-order valence-electron chi connectivity index (χ0n) is 12.3. The van der Waals surface area contributed by atoms with Crippen LogP contribution in [0.4, 0.5) is 14.5 Å². The molecule has 0 aliphatic rings. The van der Waals surface area contributed by atoms with E-state index in [2.05, 4.69) is 26.0 Å². The number of anilines is 1. The first-order valence-corrected chi connectivity index (χ1v) is 7.78. The summed E-state index contributed by atoms with van der Waals surface area (Å²) in [5.74, 6) is -0.609. The van der Waals surface area contributed by atoms with Crippen molar-refractivity contribution in [3.63, 3.8) is 0 Å². The molecule has 1 amide bonds. The first-order chi connectivity index (χ1) is 10.8. The summed E-state index contributed by atoms with van der Waals surface area (Å²) in [5, 5.41) is 2.84. The third kappa shape index (κ3) is 4.20. The minimum absolute atomic E-state index is 0.0654. The molecule has 3 nitrogen and oxygen atoms in total. The van der Waals surface area contributed by atoms with Gasteiger partial charge in [0, 0.05) is 10.6 Å². The zero-order valence-corrected chi connectivity index (χ0v) is 14.6. The van der Waals surface area contributed by atoms with E-state index in [1.165, 1.54) is 12.1 Å². The van der Waals surface area contributed by atoms with Gasteiger partial charge in [-0.2, -0.15) is 8.78 Å². The van der Waals surface area contributed by atoms with E-state index in [0.29, 0.717) is 5.56 Å². The average Bonchev–Trinajstić information content (AvgIpc) is 2.45. The van der Waals surface area contributed by atoms with E-state index < -0.39 is 12.5 Å². The van der Waals surface area contributed by atoms with Crippen molar-refractivity contribution in [2.45, 2.75) is 20.5 Å². The molecule has 0 aliphatic heterocycles. The zero-order chi connectivity index (χ0) is 17.1. The SMILES string of the molecule is Cc1cccc(C(=O)Nc2cc(Cl)cc(Br)c2OC(F)F)c1C. The molecule has 0 atom stereocenters. The van der Waals surface area contributed by atoms with Gasteiger partial charge in [-0.1, -0.05) is 23.7 Å². The molecule has 2 aromatic carbocycles. The molecule has 2 rings (SSSR count). The highest BCUT2D eigenvalue weighted by Gasteiger charge is 2.18. The van der Waals surface area contributed by atoms with Gasteiger partial charge in [0.15, 0.2) is 5.75 Å². The standard InChI is InChI=1S/C16H13BrClF2NO2/c1-8-4-3-5-11(9(8)2)15(22)21-13-7-10(18)6-12(17)14(13)23-16(19)20/h3-7,16H,1-2H3,(H,21,22). The maximum absolute atomic E-state index is 12.6. The summed E-state index contributed by atoms with van der Waals surface area (Å²) in [5.41, 5.74) is 2.27. The van der Waals surface area contributed by atoms with Crippen LogP contribution in [-0.4, -0.2) is 12.5 Å². The first kappa shape index (κ1) is 17.7. The highest BCUT2D eigenvalue weighted by molar-refractivity contribution is 9.10. The molecule has 0 aromatic heterocycles. The van der Waals surface area contributed by atoms with Gasteiger partial charge in [-0.15, -0.1) is 0 Å². The van der Waals surface area contributed by atoms with Gasteiger partial charge in [0.05, 0.1) is 10.2 Å². The van der Waals surface area contributed by atoms with Gasteiger partial charge >= 0.3 is 6.61 Å². The Kier molecular flexibility index (Phi) is 5.59. The van der Waals surface area contributed by atoms with Crippen LogP contribution in [0.15, 0.2) is 34.8 Å². The Hall–Kier alpha value is -1.66. The molecule has 23 heavy (non-hydrogen) atoms. The lowest BCUT2D eigenvalue weighted by Gasteiger charge is -2.15. The summed E-state index contributed by atoms with van der Waals surface area (Å²) in [6.07, 6.45) is 0. The minimum atomic E-state index is -3.02. The highest BCUT2D eigenvalue weighted by Crippen LogP contribution is 2.37. The Labute approximate surface area is 145 Å². The van der Waals surface area contributed by atoms with Crippen molar-refractivity contribution in [3.05, 3.63) is 56.5 Å². The van der Waals surface area contributed by atoms with E-state index in [9.17, 15) is 13.6 Å². The fraction of sp³-hybridized carbons (Fsp3) is 0.188. The number of ether oxygens (including phenoxy) is 1. The maximum Gasteiger partial charge on any atom is 0.387 e. The molecular weight excluding hydrogens is 392 g/mol. The Balaban J connectivity index is 2.39. The molecular formula is C16H13BrClF2NO2. The summed E-state index contributed by atoms with van der Waals surface area (Å²) in [6, 6.07) is 8.06. The summed E-state index contributed by atoms with van der Waals surface area (Å²) in [6.45, 7) is 0.672. The number of amides is 1. The molecule has 0 saturated carbocycles. The van der Waals surface area contributed by atoms with Gasteiger partial charge in [0.2, 0.25) is 0 Å². The quantitative estimate of drug-likeness (QED) is 0.723. The van der Waals surface area contributed by atoms with Crippen molar-refractivity contribution in [2.24, 2.45) is 0 Å². The summed E-state index contributed by atoms with van der Waals surface area (Å²) >= 11 is 9.02. The van der Waals surface area contributed by atoms with E-state index in [1.807, 2.05) is 19.9 Å². The molecule has 122 valence electrons. The Bertz CT molecular complexity index is 753. The summed E-state index contributed by atoms with van der Waals surface area (Å²) in [4.78, 5) is 12.4. The Morgan fingerprint density at radius 3 is 2.65 bits per heavy atom. The van der Waals surface area contributed by atoms with E-state index in [-0.39, 0.29) is 20.9 Å². The van der Waals surface area contributed by atoms with Crippen LogP contribution < -0.4 is 10.1 Å². The van der Waals surface area contributed by atoms with Gasteiger partial charge < -0.3 is 10.1 Å². The second-order valence-corrected chi connectivity index (χ2v) is 6.14. The summed E-state index contributed by atoms with van der Waals surface area (Å²) < 4.78 is 29.8. The Morgan fingerprint density at radius 1 is 1.30 bits per heavy atom. The van der Waals surface area contributed by atoms with Crippen LogP contribution in [0.3, 0.4) is 0 Å².